The van der Waals surface area contributed by atoms with Crippen molar-refractivity contribution >= 4 is 11.8 Å². The van der Waals surface area contributed by atoms with E-state index in [1.807, 2.05) is 6.92 Å². The van der Waals surface area contributed by atoms with Crippen LogP contribution in [0.5, 0.6) is 0 Å². The van der Waals surface area contributed by atoms with Gasteiger partial charge in [-0.3, -0.25) is 9.59 Å². The highest BCUT2D eigenvalue weighted by Crippen LogP contribution is 2.16. The zero-order valence-electron chi connectivity index (χ0n) is 10.3. The van der Waals surface area contributed by atoms with Crippen LogP contribution in [0.4, 0.5) is 0 Å². The Balaban J connectivity index is 2.87. The van der Waals surface area contributed by atoms with Gasteiger partial charge >= 0.3 is 0 Å². The van der Waals surface area contributed by atoms with Crippen molar-refractivity contribution in [2.24, 2.45) is 0 Å². The van der Waals surface area contributed by atoms with Gasteiger partial charge in [-0.2, -0.15) is 0 Å². The van der Waals surface area contributed by atoms with Crippen LogP contribution in [0.15, 0.2) is 0 Å². The third-order valence-electron chi connectivity index (χ3n) is 3.00. The number of carbonyl (C=O) groups is 2. The molecule has 3 unspecified atom stereocenters. The first-order valence-corrected chi connectivity index (χ1v) is 5.64. The molecule has 1 N–H and O–H groups in total. The molecule has 1 saturated heterocycles. The van der Waals surface area contributed by atoms with Crippen LogP contribution in [0.3, 0.4) is 0 Å². The fourth-order valence-electron chi connectivity index (χ4n) is 2.02. The Bertz CT molecular complexity index is 280. The predicted octanol–water partition coefficient (Wildman–Crippen LogP) is 0.147. The Morgan fingerprint density at radius 1 is 1.44 bits per heavy atom. The second-order valence-electron chi connectivity index (χ2n) is 4.17. The second-order valence-corrected chi connectivity index (χ2v) is 4.17. The first kappa shape index (κ1) is 13.0. The molecule has 1 rings (SSSR count). The van der Waals surface area contributed by atoms with Gasteiger partial charge in [-0.1, -0.05) is 6.92 Å². The zero-order valence-corrected chi connectivity index (χ0v) is 10.3. The standard InChI is InChI=1S/C11H20N2O3/c1-5-9(6-16-4)13-8(3)10(14)12-7(2)11(13)15/h7-9H,5-6H2,1-4H3,(H,12,14). The van der Waals surface area contributed by atoms with Gasteiger partial charge in [0.1, 0.15) is 12.1 Å². The normalized spacial score (nSPS) is 27.9. The predicted molar refractivity (Wildman–Crippen MR) is 59.9 cm³/mol. The lowest BCUT2D eigenvalue weighted by Gasteiger charge is -2.40. The number of rotatable bonds is 4. The minimum absolute atomic E-state index is 0.0269. The van der Waals surface area contributed by atoms with E-state index in [0.717, 1.165) is 6.42 Å². The van der Waals surface area contributed by atoms with Crippen LogP contribution in [0.2, 0.25) is 0 Å². The monoisotopic (exact) mass is 228 g/mol. The van der Waals surface area contributed by atoms with E-state index in [1.165, 1.54) is 0 Å². The molecule has 1 fully saturated rings. The lowest BCUT2D eigenvalue weighted by molar-refractivity contribution is -0.152. The molecule has 1 heterocycles. The third-order valence-corrected chi connectivity index (χ3v) is 3.00. The molecule has 0 aliphatic carbocycles. The molecule has 2 amide bonds. The van der Waals surface area contributed by atoms with Crippen LogP contribution < -0.4 is 5.32 Å². The maximum atomic E-state index is 12.0. The van der Waals surface area contributed by atoms with Crippen molar-refractivity contribution < 1.29 is 14.3 Å². The number of piperazine rings is 1. The number of ether oxygens (including phenoxy) is 1. The lowest BCUT2D eigenvalue weighted by Crippen LogP contribution is -2.64. The van der Waals surface area contributed by atoms with Crippen molar-refractivity contribution in [3.05, 3.63) is 0 Å². The molecule has 3 atom stereocenters. The van der Waals surface area contributed by atoms with Crippen molar-refractivity contribution in [2.45, 2.75) is 45.3 Å². The van der Waals surface area contributed by atoms with Gasteiger partial charge in [0.05, 0.1) is 12.6 Å². The summed E-state index contributed by atoms with van der Waals surface area (Å²) < 4.78 is 5.09. The van der Waals surface area contributed by atoms with Gasteiger partial charge in [-0.05, 0) is 20.3 Å². The van der Waals surface area contributed by atoms with Crippen LogP contribution >= 0.6 is 0 Å². The van der Waals surface area contributed by atoms with Gasteiger partial charge in [-0.15, -0.1) is 0 Å². The lowest BCUT2D eigenvalue weighted by atomic mass is 10.0. The molecule has 16 heavy (non-hydrogen) atoms. The van der Waals surface area contributed by atoms with E-state index >= 15 is 0 Å². The molecule has 0 radical (unpaired) electrons. The molecule has 0 aromatic heterocycles. The number of nitrogens with zero attached hydrogens (tertiary/aromatic N) is 1. The number of amides is 2. The molecular formula is C11H20N2O3. The van der Waals surface area contributed by atoms with Gasteiger partial charge in [0.25, 0.3) is 0 Å². The minimum atomic E-state index is -0.436. The Morgan fingerprint density at radius 2 is 2.06 bits per heavy atom. The smallest absolute Gasteiger partial charge is 0.245 e. The minimum Gasteiger partial charge on any atom is -0.383 e. The summed E-state index contributed by atoms with van der Waals surface area (Å²) in [6.07, 6.45) is 0.782. The van der Waals surface area contributed by atoms with E-state index in [0.29, 0.717) is 6.61 Å². The quantitative estimate of drug-likeness (QED) is 0.745. The Hall–Kier alpha value is -1.10. The summed E-state index contributed by atoms with van der Waals surface area (Å²) in [7, 11) is 1.60. The van der Waals surface area contributed by atoms with E-state index in [9.17, 15) is 9.59 Å². The average molecular weight is 228 g/mol. The van der Waals surface area contributed by atoms with Gasteiger partial charge in [0.2, 0.25) is 11.8 Å². The van der Waals surface area contributed by atoms with Gasteiger partial charge in [0.15, 0.2) is 0 Å². The van der Waals surface area contributed by atoms with Gasteiger partial charge < -0.3 is 15.0 Å². The summed E-state index contributed by atoms with van der Waals surface area (Å²) in [5, 5.41) is 2.66. The van der Waals surface area contributed by atoms with Crippen LogP contribution in [-0.4, -0.2) is 48.6 Å². The van der Waals surface area contributed by atoms with E-state index in [4.69, 9.17) is 4.74 Å². The van der Waals surface area contributed by atoms with Crippen molar-refractivity contribution in [1.82, 2.24) is 10.2 Å². The summed E-state index contributed by atoms with van der Waals surface area (Å²) >= 11 is 0. The summed E-state index contributed by atoms with van der Waals surface area (Å²) in [4.78, 5) is 25.3. The molecule has 1 aliphatic rings. The largest absolute Gasteiger partial charge is 0.383 e. The highest BCUT2D eigenvalue weighted by Gasteiger charge is 2.39. The molecule has 0 bridgehead atoms. The Morgan fingerprint density at radius 3 is 2.56 bits per heavy atom. The fraction of sp³-hybridized carbons (Fsp3) is 0.818. The maximum Gasteiger partial charge on any atom is 0.245 e. The van der Waals surface area contributed by atoms with Crippen LogP contribution in [0, 0.1) is 0 Å². The second kappa shape index (κ2) is 5.30. The van der Waals surface area contributed by atoms with E-state index in [2.05, 4.69) is 5.32 Å². The fourth-order valence-corrected chi connectivity index (χ4v) is 2.02. The number of carbonyl (C=O) groups excluding carboxylic acids is 2. The van der Waals surface area contributed by atoms with Crippen LogP contribution in [0.25, 0.3) is 0 Å². The van der Waals surface area contributed by atoms with Crippen molar-refractivity contribution in [3.63, 3.8) is 0 Å². The first-order valence-electron chi connectivity index (χ1n) is 5.64. The molecule has 0 saturated carbocycles. The summed E-state index contributed by atoms with van der Waals surface area (Å²) in [6.45, 7) is 5.91. The molecule has 5 nitrogen and oxygen atoms in total. The molecule has 0 aromatic carbocycles. The third kappa shape index (κ3) is 2.35. The highest BCUT2D eigenvalue weighted by molar-refractivity contribution is 5.96. The summed E-state index contributed by atoms with van der Waals surface area (Å²) in [6, 6.07) is -0.876. The van der Waals surface area contributed by atoms with Crippen molar-refractivity contribution in [1.29, 1.82) is 0 Å². The molecule has 0 aromatic rings. The van der Waals surface area contributed by atoms with E-state index in [-0.39, 0.29) is 17.9 Å². The zero-order chi connectivity index (χ0) is 12.3. The van der Waals surface area contributed by atoms with Crippen LogP contribution in [0.1, 0.15) is 27.2 Å². The van der Waals surface area contributed by atoms with Crippen LogP contribution in [-0.2, 0) is 14.3 Å². The molecular weight excluding hydrogens is 208 g/mol. The summed E-state index contributed by atoms with van der Waals surface area (Å²) in [5.41, 5.74) is 0. The topological polar surface area (TPSA) is 58.6 Å². The maximum absolute atomic E-state index is 12.0. The number of methoxy groups -OCH3 is 1. The summed E-state index contributed by atoms with van der Waals surface area (Å²) in [5.74, 6) is -0.127. The van der Waals surface area contributed by atoms with Gasteiger partial charge in [-0.25, -0.2) is 0 Å². The molecule has 1 aliphatic heterocycles. The molecule has 0 spiro atoms. The Labute approximate surface area is 96.1 Å². The molecule has 5 heteroatoms. The van der Waals surface area contributed by atoms with Crippen molar-refractivity contribution in [3.8, 4) is 0 Å². The van der Waals surface area contributed by atoms with E-state index in [1.54, 1.807) is 25.9 Å². The first-order chi connectivity index (χ1) is 7.52. The van der Waals surface area contributed by atoms with Crippen molar-refractivity contribution in [2.75, 3.05) is 13.7 Å². The average Bonchev–Trinajstić information content (AvgIpc) is 2.25. The number of nitrogens with one attached hydrogen (secondary N) is 1. The van der Waals surface area contributed by atoms with Gasteiger partial charge in [0, 0.05) is 7.11 Å². The molecule has 92 valence electrons. The SMILES string of the molecule is CCC(COC)N1C(=O)C(C)NC(=O)C1C. The Kier molecular flexibility index (Phi) is 4.29. The highest BCUT2D eigenvalue weighted by atomic mass is 16.5. The number of hydrogen-bond donors (Lipinski definition) is 1. The van der Waals surface area contributed by atoms with E-state index < -0.39 is 12.1 Å². The number of hydrogen-bond acceptors (Lipinski definition) is 3.